The van der Waals surface area contributed by atoms with E-state index in [-0.39, 0.29) is 0 Å². The SMILES string of the molecule is CCOc1ccccc1C(C)CNC(C)C. The Balaban J connectivity index is 2.69. The van der Waals surface area contributed by atoms with Gasteiger partial charge < -0.3 is 10.1 Å². The van der Waals surface area contributed by atoms with Crippen LogP contribution in [0.25, 0.3) is 0 Å². The predicted octanol–water partition coefficient (Wildman–Crippen LogP) is 3.19. The van der Waals surface area contributed by atoms with Crippen LogP contribution in [0, 0.1) is 0 Å². The zero-order valence-electron chi connectivity index (χ0n) is 10.8. The molecule has 0 spiro atoms. The van der Waals surface area contributed by atoms with Crippen molar-refractivity contribution in [2.75, 3.05) is 13.2 Å². The fourth-order valence-electron chi connectivity index (χ4n) is 1.70. The van der Waals surface area contributed by atoms with Crippen molar-refractivity contribution in [2.45, 2.75) is 39.7 Å². The first-order valence-electron chi connectivity index (χ1n) is 6.10. The van der Waals surface area contributed by atoms with Crippen LogP contribution in [-0.2, 0) is 0 Å². The van der Waals surface area contributed by atoms with E-state index in [1.54, 1.807) is 0 Å². The second-order valence-corrected chi connectivity index (χ2v) is 4.43. The maximum atomic E-state index is 5.64. The van der Waals surface area contributed by atoms with Crippen LogP contribution in [0.15, 0.2) is 24.3 Å². The van der Waals surface area contributed by atoms with Gasteiger partial charge in [-0.1, -0.05) is 39.0 Å². The monoisotopic (exact) mass is 221 g/mol. The first-order valence-corrected chi connectivity index (χ1v) is 6.10. The summed E-state index contributed by atoms with van der Waals surface area (Å²) in [5, 5.41) is 3.46. The molecule has 0 heterocycles. The van der Waals surface area contributed by atoms with E-state index in [0.717, 1.165) is 18.9 Å². The number of benzene rings is 1. The molecule has 0 saturated heterocycles. The zero-order chi connectivity index (χ0) is 12.0. The highest BCUT2D eigenvalue weighted by molar-refractivity contribution is 5.36. The average Bonchev–Trinajstić information content (AvgIpc) is 2.27. The van der Waals surface area contributed by atoms with Crippen molar-refractivity contribution in [1.29, 1.82) is 0 Å². The molecule has 2 heteroatoms. The van der Waals surface area contributed by atoms with E-state index in [0.29, 0.717) is 12.0 Å². The Morgan fingerprint density at radius 2 is 1.88 bits per heavy atom. The quantitative estimate of drug-likeness (QED) is 0.796. The fourth-order valence-corrected chi connectivity index (χ4v) is 1.70. The average molecular weight is 221 g/mol. The molecule has 1 rings (SSSR count). The maximum Gasteiger partial charge on any atom is 0.122 e. The normalized spacial score (nSPS) is 12.8. The molecule has 2 nitrogen and oxygen atoms in total. The molecular weight excluding hydrogens is 198 g/mol. The number of hydrogen-bond acceptors (Lipinski definition) is 2. The molecule has 1 aromatic carbocycles. The third kappa shape index (κ3) is 3.86. The number of rotatable bonds is 6. The van der Waals surface area contributed by atoms with Gasteiger partial charge in [0.2, 0.25) is 0 Å². The molecule has 1 unspecified atom stereocenters. The standard InChI is InChI=1S/C14H23NO/c1-5-16-14-9-7-6-8-13(14)12(4)10-15-11(2)3/h6-9,11-12,15H,5,10H2,1-4H3. The zero-order valence-corrected chi connectivity index (χ0v) is 10.8. The van der Waals surface area contributed by atoms with Crippen molar-refractivity contribution in [1.82, 2.24) is 5.32 Å². The minimum absolute atomic E-state index is 0.477. The van der Waals surface area contributed by atoms with Gasteiger partial charge >= 0.3 is 0 Å². The Hall–Kier alpha value is -1.02. The summed E-state index contributed by atoms with van der Waals surface area (Å²) in [6.45, 7) is 10.3. The van der Waals surface area contributed by atoms with Crippen LogP contribution in [-0.4, -0.2) is 19.2 Å². The third-order valence-electron chi connectivity index (χ3n) is 2.58. The molecule has 90 valence electrons. The van der Waals surface area contributed by atoms with E-state index >= 15 is 0 Å². The van der Waals surface area contributed by atoms with Gasteiger partial charge in [0.05, 0.1) is 6.61 Å². The fraction of sp³-hybridized carbons (Fsp3) is 0.571. The Bertz CT molecular complexity index is 309. The van der Waals surface area contributed by atoms with Crippen LogP contribution in [0.3, 0.4) is 0 Å². The highest BCUT2D eigenvalue weighted by Crippen LogP contribution is 2.25. The number of para-hydroxylation sites is 1. The lowest BCUT2D eigenvalue weighted by molar-refractivity contribution is 0.334. The van der Waals surface area contributed by atoms with Crippen LogP contribution in [0.5, 0.6) is 5.75 Å². The van der Waals surface area contributed by atoms with E-state index in [9.17, 15) is 0 Å². The summed E-state index contributed by atoms with van der Waals surface area (Å²) in [5.41, 5.74) is 1.29. The van der Waals surface area contributed by atoms with Gasteiger partial charge in [-0.05, 0) is 24.5 Å². The van der Waals surface area contributed by atoms with Gasteiger partial charge in [-0.15, -0.1) is 0 Å². The van der Waals surface area contributed by atoms with Gasteiger partial charge in [0.1, 0.15) is 5.75 Å². The smallest absolute Gasteiger partial charge is 0.122 e. The summed E-state index contributed by atoms with van der Waals surface area (Å²) in [7, 11) is 0. The molecule has 0 saturated carbocycles. The molecule has 0 amide bonds. The van der Waals surface area contributed by atoms with Gasteiger partial charge in [-0.2, -0.15) is 0 Å². The second-order valence-electron chi connectivity index (χ2n) is 4.43. The van der Waals surface area contributed by atoms with Gasteiger partial charge in [0, 0.05) is 12.6 Å². The Morgan fingerprint density at radius 1 is 1.19 bits per heavy atom. The lowest BCUT2D eigenvalue weighted by atomic mass is 10.00. The van der Waals surface area contributed by atoms with E-state index < -0.39 is 0 Å². The van der Waals surface area contributed by atoms with Crippen LogP contribution in [0.4, 0.5) is 0 Å². The predicted molar refractivity (Wildman–Crippen MR) is 69.2 cm³/mol. The summed E-state index contributed by atoms with van der Waals surface area (Å²) in [5.74, 6) is 1.49. The molecule has 1 N–H and O–H groups in total. The Labute approximate surface area is 99.0 Å². The summed E-state index contributed by atoms with van der Waals surface area (Å²) in [6.07, 6.45) is 0. The molecule has 1 atom stereocenters. The van der Waals surface area contributed by atoms with Crippen molar-refractivity contribution in [2.24, 2.45) is 0 Å². The number of ether oxygens (including phenoxy) is 1. The molecule has 16 heavy (non-hydrogen) atoms. The molecule has 0 aromatic heterocycles. The van der Waals surface area contributed by atoms with Crippen molar-refractivity contribution < 1.29 is 4.74 Å². The van der Waals surface area contributed by atoms with Crippen LogP contribution in [0.1, 0.15) is 39.2 Å². The largest absolute Gasteiger partial charge is 0.494 e. The lowest BCUT2D eigenvalue weighted by Gasteiger charge is -2.18. The second kappa shape index (κ2) is 6.54. The summed E-state index contributed by atoms with van der Waals surface area (Å²) in [4.78, 5) is 0. The molecule has 0 aliphatic carbocycles. The molecule has 1 aromatic rings. The van der Waals surface area contributed by atoms with Crippen LogP contribution >= 0.6 is 0 Å². The maximum absolute atomic E-state index is 5.64. The Kier molecular flexibility index (Phi) is 5.33. The van der Waals surface area contributed by atoms with Gasteiger partial charge in [0.25, 0.3) is 0 Å². The van der Waals surface area contributed by atoms with Gasteiger partial charge in [0.15, 0.2) is 0 Å². The van der Waals surface area contributed by atoms with Crippen LogP contribution < -0.4 is 10.1 Å². The summed E-state index contributed by atoms with van der Waals surface area (Å²) < 4.78 is 5.64. The molecule has 0 radical (unpaired) electrons. The van der Waals surface area contributed by atoms with E-state index in [2.05, 4.69) is 38.2 Å². The van der Waals surface area contributed by atoms with Crippen molar-refractivity contribution in [3.05, 3.63) is 29.8 Å². The van der Waals surface area contributed by atoms with Gasteiger partial charge in [-0.25, -0.2) is 0 Å². The topological polar surface area (TPSA) is 21.3 Å². The van der Waals surface area contributed by atoms with Crippen molar-refractivity contribution in [3.8, 4) is 5.75 Å². The van der Waals surface area contributed by atoms with E-state index in [1.807, 2.05) is 19.1 Å². The Morgan fingerprint density at radius 3 is 2.50 bits per heavy atom. The number of hydrogen-bond donors (Lipinski definition) is 1. The van der Waals surface area contributed by atoms with E-state index in [4.69, 9.17) is 4.74 Å². The lowest BCUT2D eigenvalue weighted by Crippen LogP contribution is -2.27. The highest BCUT2D eigenvalue weighted by atomic mass is 16.5. The minimum Gasteiger partial charge on any atom is -0.494 e. The van der Waals surface area contributed by atoms with Crippen molar-refractivity contribution >= 4 is 0 Å². The van der Waals surface area contributed by atoms with Gasteiger partial charge in [-0.3, -0.25) is 0 Å². The molecular formula is C14H23NO. The summed E-state index contributed by atoms with van der Waals surface area (Å²) in [6, 6.07) is 8.82. The van der Waals surface area contributed by atoms with Crippen LogP contribution in [0.2, 0.25) is 0 Å². The minimum atomic E-state index is 0.477. The molecule has 0 fully saturated rings. The molecule has 0 aliphatic rings. The third-order valence-corrected chi connectivity index (χ3v) is 2.58. The van der Waals surface area contributed by atoms with Crippen molar-refractivity contribution in [3.63, 3.8) is 0 Å². The first kappa shape index (κ1) is 13.0. The molecule has 0 aliphatic heterocycles. The van der Waals surface area contributed by atoms with E-state index in [1.165, 1.54) is 5.56 Å². The first-order chi connectivity index (χ1) is 7.65. The molecule has 0 bridgehead atoms. The highest BCUT2D eigenvalue weighted by Gasteiger charge is 2.10. The number of nitrogens with one attached hydrogen (secondary N) is 1. The summed E-state index contributed by atoms with van der Waals surface area (Å²) >= 11 is 0.